The van der Waals surface area contributed by atoms with Crippen LogP contribution in [0.2, 0.25) is 0 Å². The van der Waals surface area contributed by atoms with Crippen molar-refractivity contribution < 1.29 is 40.3 Å². The predicted molar refractivity (Wildman–Crippen MR) is 134 cm³/mol. The van der Waals surface area contributed by atoms with Gasteiger partial charge in [0.2, 0.25) is 0 Å². The Hall–Kier alpha value is -2.86. The summed E-state index contributed by atoms with van der Waals surface area (Å²) in [5.74, 6) is -1.23. The molecule has 2 aromatic carbocycles. The van der Waals surface area contributed by atoms with Crippen molar-refractivity contribution in [1.29, 1.82) is 0 Å². The molecule has 0 saturated carbocycles. The van der Waals surface area contributed by atoms with Crippen molar-refractivity contribution in [3.8, 4) is 0 Å². The van der Waals surface area contributed by atoms with Crippen LogP contribution in [0, 0.1) is 12.7 Å². The molecule has 2 heterocycles. The molecule has 2 aliphatic rings. The van der Waals surface area contributed by atoms with Crippen molar-refractivity contribution in [2.45, 2.75) is 57.0 Å². The third-order valence-corrected chi connectivity index (χ3v) is 7.73. The van der Waals surface area contributed by atoms with Gasteiger partial charge < -0.3 is 15.0 Å². The average molecular weight is 576 g/mol. The highest BCUT2D eigenvalue weighted by Crippen LogP contribution is 2.38. The molecule has 220 valence electrons. The fourth-order valence-electron chi connectivity index (χ4n) is 5.50. The summed E-state index contributed by atoms with van der Waals surface area (Å²) in [6.45, 7) is 6.19. The number of aryl methyl sites for hydroxylation is 1. The summed E-state index contributed by atoms with van der Waals surface area (Å²) in [6, 6.07) is 5.15. The van der Waals surface area contributed by atoms with E-state index in [-0.39, 0.29) is 30.3 Å². The van der Waals surface area contributed by atoms with E-state index in [0.29, 0.717) is 50.3 Å². The van der Waals surface area contributed by atoms with Crippen LogP contribution in [0.1, 0.15) is 59.5 Å². The number of ether oxygens (including phenoxy) is 1. The molecule has 5 nitrogen and oxygen atoms in total. The molecular weight excluding hydrogens is 543 g/mol. The third-order valence-electron chi connectivity index (χ3n) is 7.73. The monoisotopic (exact) mass is 575 g/mol. The molecule has 12 heteroatoms. The number of alkyl halides is 6. The molecule has 4 rings (SSSR count). The van der Waals surface area contributed by atoms with Crippen LogP contribution in [0.4, 0.5) is 35.5 Å². The van der Waals surface area contributed by atoms with Gasteiger partial charge in [-0.1, -0.05) is 13.0 Å². The van der Waals surface area contributed by atoms with Crippen LogP contribution in [0.15, 0.2) is 36.4 Å². The number of carbonyl (C=O) groups is 1. The van der Waals surface area contributed by atoms with Crippen LogP contribution in [-0.4, -0.2) is 61.3 Å². The molecule has 2 fully saturated rings. The molecule has 3 atom stereocenters. The molecule has 0 radical (unpaired) electrons. The highest BCUT2D eigenvalue weighted by Gasteiger charge is 2.38. The molecule has 2 aliphatic heterocycles. The van der Waals surface area contributed by atoms with E-state index in [2.05, 4.69) is 10.2 Å². The molecule has 0 spiro atoms. The minimum atomic E-state index is -4.95. The highest BCUT2D eigenvalue weighted by atomic mass is 19.4. The van der Waals surface area contributed by atoms with Crippen LogP contribution in [-0.2, 0) is 17.1 Å². The van der Waals surface area contributed by atoms with E-state index in [4.69, 9.17) is 4.74 Å². The number of hydrogen-bond acceptors (Lipinski definition) is 3. The average Bonchev–Trinajstić information content (AvgIpc) is 2.90. The van der Waals surface area contributed by atoms with Crippen molar-refractivity contribution in [2.75, 3.05) is 39.4 Å². The summed E-state index contributed by atoms with van der Waals surface area (Å²) in [4.78, 5) is 17.3. The molecule has 2 aromatic rings. The third kappa shape index (κ3) is 7.06. The second kappa shape index (κ2) is 11.9. The van der Waals surface area contributed by atoms with E-state index >= 15 is 0 Å². The number of benzene rings is 2. The van der Waals surface area contributed by atoms with Gasteiger partial charge in [-0.15, -0.1) is 0 Å². The van der Waals surface area contributed by atoms with Crippen LogP contribution in [0.25, 0.3) is 0 Å². The Balaban J connectivity index is 1.52. The zero-order chi connectivity index (χ0) is 29.2. The van der Waals surface area contributed by atoms with E-state index in [0.717, 1.165) is 18.7 Å². The number of rotatable bonds is 5. The number of halogens is 7. The maximum absolute atomic E-state index is 13.9. The molecular formula is C28H32F7N3O2. The standard InChI is InChI=1S/C28H32F7N3O2/c1-17-11-22(29)3-4-24(17)25-15-23(37-7-9-40-10-8-37)5-6-38(25)26(39)36-16-18(2)19-12-20(27(30,31)32)14-21(13-19)28(33,34)35/h3-4,11-14,18,23,25H,5-10,15-16H2,1-2H3,(H,36,39)/t18-,23?,25?/m1/s1. The zero-order valence-corrected chi connectivity index (χ0v) is 22.2. The van der Waals surface area contributed by atoms with Crippen molar-refractivity contribution in [2.24, 2.45) is 0 Å². The smallest absolute Gasteiger partial charge is 0.379 e. The number of urea groups is 1. The molecule has 2 unspecified atom stereocenters. The number of carbonyl (C=O) groups excluding carboxylic acids is 1. The van der Waals surface area contributed by atoms with Gasteiger partial charge in [0.25, 0.3) is 0 Å². The first-order chi connectivity index (χ1) is 18.7. The number of likely N-dealkylation sites (tertiary alicyclic amines) is 1. The summed E-state index contributed by atoms with van der Waals surface area (Å²) in [6.07, 6.45) is -8.63. The Morgan fingerprint density at radius 2 is 1.62 bits per heavy atom. The Bertz CT molecular complexity index is 1160. The summed E-state index contributed by atoms with van der Waals surface area (Å²) in [5.41, 5.74) is -1.50. The van der Waals surface area contributed by atoms with Crippen molar-refractivity contribution >= 4 is 6.03 Å². The predicted octanol–water partition coefficient (Wildman–Crippen LogP) is 6.52. The van der Waals surface area contributed by atoms with E-state index < -0.39 is 41.2 Å². The quantitative estimate of drug-likeness (QED) is 0.413. The van der Waals surface area contributed by atoms with E-state index in [1.807, 2.05) is 0 Å². The Kier molecular flexibility index (Phi) is 8.99. The minimum absolute atomic E-state index is 0.0863. The molecule has 0 aromatic heterocycles. The van der Waals surface area contributed by atoms with Gasteiger partial charge in [0, 0.05) is 32.2 Å². The second-order valence-corrected chi connectivity index (χ2v) is 10.5. The second-order valence-electron chi connectivity index (χ2n) is 10.5. The maximum Gasteiger partial charge on any atom is 0.416 e. The van der Waals surface area contributed by atoms with Gasteiger partial charge in [0.1, 0.15) is 5.82 Å². The minimum Gasteiger partial charge on any atom is -0.379 e. The van der Waals surface area contributed by atoms with Crippen molar-refractivity contribution in [3.05, 3.63) is 70.0 Å². The van der Waals surface area contributed by atoms with Crippen LogP contribution >= 0.6 is 0 Å². The lowest BCUT2D eigenvalue weighted by Crippen LogP contribution is -2.53. The van der Waals surface area contributed by atoms with Gasteiger partial charge in [0.15, 0.2) is 0 Å². The van der Waals surface area contributed by atoms with Crippen LogP contribution in [0.5, 0.6) is 0 Å². The summed E-state index contributed by atoms with van der Waals surface area (Å²) in [7, 11) is 0. The number of piperidine rings is 1. The molecule has 0 bridgehead atoms. The molecule has 0 aliphatic carbocycles. The fraction of sp³-hybridized carbons (Fsp3) is 0.536. The maximum atomic E-state index is 13.9. The first-order valence-electron chi connectivity index (χ1n) is 13.2. The number of nitrogens with zero attached hydrogens (tertiary/aromatic N) is 2. The van der Waals surface area contributed by atoms with Crippen LogP contribution in [0.3, 0.4) is 0 Å². The molecule has 2 amide bonds. The Labute approximate surface area is 228 Å². The zero-order valence-electron chi connectivity index (χ0n) is 22.2. The van der Waals surface area contributed by atoms with E-state index in [9.17, 15) is 35.5 Å². The van der Waals surface area contributed by atoms with Crippen LogP contribution < -0.4 is 5.32 Å². The molecule has 1 N–H and O–H groups in total. The lowest BCUT2D eigenvalue weighted by molar-refractivity contribution is -0.143. The van der Waals surface area contributed by atoms with Gasteiger partial charge in [-0.05, 0) is 72.7 Å². The molecule has 2 saturated heterocycles. The van der Waals surface area contributed by atoms with Gasteiger partial charge in [-0.25, -0.2) is 9.18 Å². The number of morpholine rings is 1. The van der Waals surface area contributed by atoms with E-state index in [1.54, 1.807) is 17.9 Å². The first-order valence-corrected chi connectivity index (χ1v) is 13.2. The Morgan fingerprint density at radius 1 is 1.00 bits per heavy atom. The lowest BCUT2D eigenvalue weighted by atomic mass is 9.88. The topological polar surface area (TPSA) is 44.8 Å². The van der Waals surface area contributed by atoms with Gasteiger partial charge in [0.05, 0.1) is 30.4 Å². The lowest BCUT2D eigenvalue weighted by Gasteiger charge is -2.45. The summed E-state index contributed by atoms with van der Waals surface area (Å²) >= 11 is 0. The number of amides is 2. The van der Waals surface area contributed by atoms with Gasteiger partial charge in [-0.3, -0.25) is 4.90 Å². The fourth-order valence-corrected chi connectivity index (χ4v) is 5.50. The SMILES string of the molecule is Cc1cc(F)ccc1C1CC(N2CCOCC2)CCN1C(=O)NC[C@@H](C)c1cc(C(F)(F)F)cc(C(F)(F)F)c1. The number of hydrogen-bond donors (Lipinski definition) is 1. The largest absolute Gasteiger partial charge is 0.416 e. The van der Waals surface area contributed by atoms with Crippen molar-refractivity contribution in [1.82, 2.24) is 15.1 Å². The van der Waals surface area contributed by atoms with Gasteiger partial charge in [-0.2, -0.15) is 26.3 Å². The number of nitrogens with one attached hydrogen (secondary N) is 1. The molecule has 40 heavy (non-hydrogen) atoms. The Morgan fingerprint density at radius 3 is 2.20 bits per heavy atom. The summed E-state index contributed by atoms with van der Waals surface area (Å²) < 4.78 is 99.2. The normalized spacial score (nSPS) is 21.8. The van der Waals surface area contributed by atoms with Gasteiger partial charge >= 0.3 is 18.4 Å². The highest BCUT2D eigenvalue weighted by molar-refractivity contribution is 5.75. The first kappa shape index (κ1) is 30.1. The summed E-state index contributed by atoms with van der Waals surface area (Å²) in [5, 5.41) is 2.71. The van der Waals surface area contributed by atoms with Crippen molar-refractivity contribution in [3.63, 3.8) is 0 Å². The van der Waals surface area contributed by atoms with E-state index in [1.165, 1.54) is 19.1 Å².